The summed E-state index contributed by atoms with van der Waals surface area (Å²) < 4.78 is 0. The minimum atomic E-state index is 0.238. The lowest BCUT2D eigenvalue weighted by Crippen LogP contribution is -2.25. The Kier molecular flexibility index (Phi) is 3.95. The Labute approximate surface area is 109 Å². The van der Waals surface area contributed by atoms with Gasteiger partial charge in [-0.3, -0.25) is 0 Å². The third-order valence-corrected chi connectivity index (χ3v) is 3.76. The summed E-state index contributed by atoms with van der Waals surface area (Å²) in [6.07, 6.45) is 4.53. The van der Waals surface area contributed by atoms with Crippen molar-refractivity contribution in [1.82, 2.24) is 0 Å². The molecule has 1 aromatic rings. The van der Waals surface area contributed by atoms with E-state index in [1.54, 1.807) is 0 Å². The van der Waals surface area contributed by atoms with Gasteiger partial charge >= 0.3 is 0 Å². The first-order valence-electron chi connectivity index (χ1n) is 6.38. The van der Waals surface area contributed by atoms with Crippen LogP contribution in [0.15, 0.2) is 18.2 Å². The molecule has 1 atom stereocenters. The molecule has 0 amide bonds. The second-order valence-electron chi connectivity index (χ2n) is 4.99. The van der Waals surface area contributed by atoms with Gasteiger partial charge in [-0.15, -0.1) is 0 Å². The van der Waals surface area contributed by atoms with Gasteiger partial charge in [0.1, 0.15) is 0 Å². The van der Waals surface area contributed by atoms with Crippen LogP contribution in [0, 0.1) is 0 Å². The predicted molar refractivity (Wildman–Crippen MR) is 74.8 cm³/mol. The van der Waals surface area contributed by atoms with E-state index in [2.05, 4.69) is 31.0 Å². The molecule has 94 valence electrons. The first-order valence-corrected chi connectivity index (χ1v) is 6.76. The molecule has 0 spiro atoms. The summed E-state index contributed by atoms with van der Waals surface area (Å²) >= 11 is 6.10. The molecule has 1 fully saturated rings. The Morgan fingerprint density at radius 2 is 2.18 bits per heavy atom. The molecule has 1 aromatic carbocycles. The molecular formula is C14H21ClN2. The van der Waals surface area contributed by atoms with E-state index in [0.29, 0.717) is 6.04 Å². The predicted octanol–water partition coefficient (Wildman–Crippen LogP) is 3.22. The first-order chi connectivity index (χ1) is 8.11. The number of halogens is 1. The number of nitrogens with two attached hydrogens (primary N) is 1. The van der Waals surface area contributed by atoms with E-state index in [4.69, 9.17) is 17.3 Å². The summed E-state index contributed by atoms with van der Waals surface area (Å²) in [6, 6.07) is 7.08. The van der Waals surface area contributed by atoms with E-state index in [0.717, 1.165) is 17.9 Å². The van der Waals surface area contributed by atoms with Crippen LogP contribution < -0.4 is 10.6 Å². The van der Waals surface area contributed by atoms with Gasteiger partial charge in [-0.25, -0.2) is 0 Å². The van der Waals surface area contributed by atoms with E-state index < -0.39 is 0 Å². The highest BCUT2D eigenvalue weighted by Crippen LogP contribution is 2.34. The van der Waals surface area contributed by atoms with Crippen molar-refractivity contribution in [2.75, 3.05) is 11.9 Å². The van der Waals surface area contributed by atoms with Crippen molar-refractivity contribution < 1.29 is 0 Å². The van der Waals surface area contributed by atoms with Crippen LogP contribution in [0.4, 0.5) is 5.69 Å². The smallest absolute Gasteiger partial charge is 0.0426 e. The fourth-order valence-electron chi connectivity index (χ4n) is 2.12. The van der Waals surface area contributed by atoms with Crippen molar-refractivity contribution in [3.63, 3.8) is 0 Å². The van der Waals surface area contributed by atoms with Crippen LogP contribution in [0.5, 0.6) is 0 Å². The van der Waals surface area contributed by atoms with E-state index >= 15 is 0 Å². The van der Waals surface area contributed by atoms with Crippen molar-refractivity contribution in [1.29, 1.82) is 0 Å². The Bertz CT molecular complexity index is 388. The maximum absolute atomic E-state index is 6.10. The van der Waals surface area contributed by atoms with Crippen molar-refractivity contribution in [2.24, 2.45) is 5.73 Å². The summed E-state index contributed by atoms with van der Waals surface area (Å²) in [7, 11) is 2.16. The van der Waals surface area contributed by atoms with Gasteiger partial charge in [0.25, 0.3) is 0 Å². The SMILES string of the molecule is CCC(N)Cc1ccc(Cl)cc1N(C)C1CC1. The zero-order chi connectivity index (χ0) is 12.4. The Hall–Kier alpha value is -0.730. The zero-order valence-corrected chi connectivity index (χ0v) is 11.4. The average Bonchev–Trinajstić information content (AvgIpc) is 3.14. The van der Waals surface area contributed by atoms with Crippen LogP contribution in [-0.2, 0) is 6.42 Å². The normalized spacial score (nSPS) is 16.9. The van der Waals surface area contributed by atoms with Crippen LogP contribution in [0.3, 0.4) is 0 Å². The quantitative estimate of drug-likeness (QED) is 0.872. The number of hydrogen-bond acceptors (Lipinski definition) is 2. The summed E-state index contributed by atoms with van der Waals surface area (Å²) in [6.45, 7) is 2.13. The minimum absolute atomic E-state index is 0.238. The second-order valence-corrected chi connectivity index (χ2v) is 5.42. The van der Waals surface area contributed by atoms with Gasteiger partial charge in [-0.1, -0.05) is 24.6 Å². The van der Waals surface area contributed by atoms with E-state index in [1.165, 1.54) is 24.1 Å². The van der Waals surface area contributed by atoms with E-state index in [9.17, 15) is 0 Å². The Morgan fingerprint density at radius 3 is 2.76 bits per heavy atom. The summed E-state index contributed by atoms with van der Waals surface area (Å²) in [5.41, 5.74) is 8.62. The third kappa shape index (κ3) is 3.14. The molecule has 0 aliphatic heterocycles. The van der Waals surface area contributed by atoms with Crippen LogP contribution >= 0.6 is 11.6 Å². The molecule has 0 aromatic heterocycles. The molecule has 1 saturated carbocycles. The lowest BCUT2D eigenvalue weighted by molar-refractivity contribution is 0.645. The van der Waals surface area contributed by atoms with E-state index in [-0.39, 0.29) is 6.04 Å². The molecule has 1 aliphatic carbocycles. The van der Waals surface area contributed by atoms with Crippen molar-refractivity contribution in [2.45, 2.75) is 44.7 Å². The van der Waals surface area contributed by atoms with Gasteiger partial charge < -0.3 is 10.6 Å². The Balaban J connectivity index is 2.23. The summed E-state index contributed by atoms with van der Waals surface area (Å²) in [4.78, 5) is 2.35. The number of benzene rings is 1. The lowest BCUT2D eigenvalue weighted by atomic mass is 10.0. The van der Waals surface area contributed by atoms with Crippen molar-refractivity contribution in [3.8, 4) is 0 Å². The van der Waals surface area contributed by atoms with Gasteiger partial charge in [-0.2, -0.15) is 0 Å². The molecule has 1 unspecified atom stereocenters. The van der Waals surface area contributed by atoms with Gasteiger partial charge in [-0.05, 0) is 43.4 Å². The molecular weight excluding hydrogens is 232 g/mol. The van der Waals surface area contributed by atoms with Gasteiger partial charge in [0.05, 0.1) is 0 Å². The highest BCUT2D eigenvalue weighted by Gasteiger charge is 2.27. The van der Waals surface area contributed by atoms with Gasteiger partial charge in [0.2, 0.25) is 0 Å². The van der Waals surface area contributed by atoms with Crippen LogP contribution in [0.2, 0.25) is 5.02 Å². The van der Waals surface area contributed by atoms with E-state index in [1.807, 2.05) is 6.07 Å². The van der Waals surface area contributed by atoms with Crippen LogP contribution in [-0.4, -0.2) is 19.1 Å². The maximum Gasteiger partial charge on any atom is 0.0426 e. The number of rotatable bonds is 5. The molecule has 0 saturated heterocycles. The molecule has 1 aliphatic rings. The largest absolute Gasteiger partial charge is 0.371 e. The molecule has 2 N–H and O–H groups in total. The molecule has 17 heavy (non-hydrogen) atoms. The molecule has 2 rings (SSSR count). The van der Waals surface area contributed by atoms with Gasteiger partial charge in [0, 0.05) is 29.8 Å². The minimum Gasteiger partial charge on any atom is -0.371 e. The Morgan fingerprint density at radius 1 is 1.47 bits per heavy atom. The number of hydrogen-bond donors (Lipinski definition) is 1. The summed E-state index contributed by atoms with van der Waals surface area (Å²) in [5, 5.41) is 0.807. The zero-order valence-electron chi connectivity index (χ0n) is 10.6. The highest BCUT2D eigenvalue weighted by molar-refractivity contribution is 6.30. The monoisotopic (exact) mass is 252 g/mol. The molecule has 3 heteroatoms. The molecule has 2 nitrogen and oxygen atoms in total. The number of nitrogens with zero attached hydrogens (tertiary/aromatic N) is 1. The molecule has 0 bridgehead atoms. The standard InChI is InChI=1S/C14H21ClN2/c1-3-12(16)8-10-4-5-11(15)9-14(10)17(2)13-6-7-13/h4-5,9,12-13H,3,6-8,16H2,1-2H3. The summed E-state index contributed by atoms with van der Waals surface area (Å²) in [5.74, 6) is 0. The third-order valence-electron chi connectivity index (χ3n) is 3.53. The van der Waals surface area contributed by atoms with Crippen LogP contribution in [0.1, 0.15) is 31.7 Å². The second kappa shape index (κ2) is 5.28. The maximum atomic E-state index is 6.10. The average molecular weight is 253 g/mol. The lowest BCUT2D eigenvalue weighted by Gasteiger charge is -2.23. The van der Waals surface area contributed by atoms with Crippen LogP contribution in [0.25, 0.3) is 0 Å². The van der Waals surface area contributed by atoms with Crippen molar-refractivity contribution in [3.05, 3.63) is 28.8 Å². The highest BCUT2D eigenvalue weighted by atomic mass is 35.5. The fraction of sp³-hybridized carbons (Fsp3) is 0.571. The fourth-order valence-corrected chi connectivity index (χ4v) is 2.29. The van der Waals surface area contributed by atoms with Gasteiger partial charge in [0.15, 0.2) is 0 Å². The first kappa shape index (κ1) is 12.7. The molecule has 0 heterocycles. The topological polar surface area (TPSA) is 29.3 Å². The molecule has 0 radical (unpaired) electrons. The van der Waals surface area contributed by atoms with Crippen molar-refractivity contribution >= 4 is 17.3 Å². The number of anilines is 1.